The first-order valence-electron chi connectivity index (χ1n) is 5.50. The average Bonchev–Trinajstić information content (AvgIpc) is 2.44. The van der Waals surface area contributed by atoms with Gasteiger partial charge in [0.05, 0.1) is 11.5 Å². The van der Waals surface area contributed by atoms with Gasteiger partial charge in [-0.2, -0.15) is 0 Å². The Bertz CT molecular complexity index is 370. The minimum Gasteiger partial charge on any atom is -0.353 e. The summed E-state index contributed by atoms with van der Waals surface area (Å²) >= 11 is 12.1. The Morgan fingerprint density at radius 1 is 1.12 bits per heavy atom. The van der Waals surface area contributed by atoms with Gasteiger partial charge in [-0.15, -0.1) is 11.6 Å². The van der Waals surface area contributed by atoms with Crippen molar-refractivity contribution >= 4 is 23.2 Å². The molecule has 0 bridgehead atoms. The molecule has 0 unspecified atom stereocenters. The summed E-state index contributed by atoms with van der Waals surface area (Å²) in [5.41, 5.74) is 4.68. The van der Waals surface area contributed by atoms with E-state index in [4.69, 9.17) is 27.9 Å². The molecule has 1 saturated heterocycles. The molecular weight excluding hydrogens is 243 g/mol. The molecule has 0 radical (unpaired) electrons. The molecule has 3 atom stereocenters. The van der Waals surface area contributed by atoms with Crippen molar-refractivity contribution in [3.05, 3.63) is 34.4 Å². The zero-order chi connectivity index (χ0) is 11.9. The fourth-order valence-electron chi connectivity index (χ4n) is 2.49. The molecule has 0 saturated carbocycles. The summed E-state index contributed by atoms with van der Waals surface area (Å²) in [5.74, 6) is 0. The summed E-state index contributed by atoms with van der Waals surface area (Å²) in [4.78, 5) is 0. The third-order valence-electron chi connectivity index (χ3n) is 3.08. The lowest BCUT2D eigenvalue weighted by molar-refractivity contribution is 0.0883. The maximum atomic E-state index is 6.09. The van der Waals surface area contributed by atoms with E-state index in [9.17, 15) is 0 Å². The summed E-state index contributed by atoms with van der Waals surface area (Å²) in [6, 6.07) is 4.35. The van der Waals surface area contributed by atoms with E-state index < -0.39 is 0 Å². The Labute approximate surface area is 107 Å². The molecule has 88 valence electrons. The third kappa shape index (κ3) is 2.22. The Hall–Kier alpha value is -0.240. The lowest BCUT2D eigenvalue weighted by atomic mass is 9.94. The lowest BCUT2D eigenvalue weighted by Crippen LogP contribution is -2.06. The van der Waals surface area contributed by atoms with Crippen LogP contribution in [0.2, 0.25) is 0 Å². The van der Waals surface area contributed by atoms with Crippen molar-refractivity contribution in [3.63, 3.8) is 0 Å². The lowest BCUT2D eigenvalue weighted by Gasteiger charge is -2.17. The molecule has 16 heavy (non-hydrogen) atoms. The van der Waals surface area contributed by atoms with Crippen LogP contribution in [0.4, 0.5) is 0 Å². The Morgan fingerprint density at radius 3 is 2.12 bits per heavy atom. The minimum atomic E-state index is -0.369. The summed E-state index contributed by atoms with van der Waals surface area (Å²) in [7, 11) is 0. The number of hydrogen-bond donors (Lipinski definition) is 0. The molecule has 3 heteroatoms. The second-order valence-corrected chi connectivity index (χ2v) is 5.53. The summed E-state index contributed by atoms with van der Waals surface area (Å²) in [6.45, 7) is 6.33. The highest BCUT2D eigenvalue weighted by Gasteiger charge is 2.34. The zero-order valence-corrected chi connectivity index (χ0v) is 11.3. The molecule has 0 aromatic heterocycles. The number of ether oxygens (including phenoxy) is 1. The number of rotatable bonds is 1. The van der Waals surface area contributed by atoms with E-state index in [1.165, 1.54) is 22.3 Å². The van der Waals surface area contributed by atoms with Gasteiger partial charge in [0.1, 0.15) is 5.56 Å². The third-order valence-corrected chi connectivity index (χ3v) is 4.02. The Kier molecular flexibility index (Phi) is 3.48. The predicted molar refractivity (Wildman–Crippen MR) is 68.4 cm³/mol. The number of benzene rings is 1. The van der Waals surface area contributed by atoms with Crippen molar-refractivity contribution in [2.24, 2.45) is 0 Å². The molecule has 0 amide bonds. The van der Waals surface area contributed by atoms with Crippen LogP contribution in [0.1, 0.15) is 34.8 Å². The van der Waals surface area contributed by atoms with E-state index in [0.717, 1.165) is 6.42 Å². The topological polar surface area (TPSA) is 9.23 Å². The van der Waals surface area contributed by atoms with Crippen molar-refractivity contribution < 1.29 is 4.74 Å². The second-order valence-electron chi connectivity index (χ2n) is 4.54. The van der Waals surface area contributed by atoms with Gasteiger partial charge in [0.25, 0.3) is 0 Å². The van der Waals surface area contributed by atoms with Crippen LogP contribution in [-0.4, -0.2) is 10.9 Å². The predicted octanol–water partition coefficient (Wildman–Crippen LogP) is 4.25. The molecule has 1 aromatic carbocycles. The van der Waals surface area contributed by atoms with Gasteiger partial charge < -0.3 is 4.74 Å². The SMILES string of the molecule is Cc1cc(C)c([C@H]2C[C@H](Cl)[C@@H](Cl)O2)c(C)c1. The Morgan fingerprint density at radius 2 is 1.69 bits per heavy atom. The molecule has 1 aromatic rings. The van der Waals surface area contributed by atoms with E-state index in [1.807, 2.05) is 0 Å². The first-order chi connectivity index (χ1) is 7.49. The van der Waals surface area contributed by atoms with Crippen LogP contribution in [0.5, 0.6) is 0 Å². The fourth-order valence-corrected chi connectivity index (χ4v) is 2.94. The van der Waals surface area contributed by atoms with Gasteiger partial charge in [-0.05, 0) is 43.9 Å². The van der Waals surface area contributed by atoms with Crippen LogP contribution in [0.15, 0.2) is 12.1 Å². The van der Waals surface area contributed by atoms with Crippen molar-refractivity contribution in [3.8, 4) is 0 Å². The van der Waals surface area contributed by atoms with Crippen LogP contribution < -0.4 is 0 Å². The van der Waals surface area contributed by atoms with Crippen LogP contribution in [0.25, 0.3) is 0 Å². The normalized spacial score (nSPS) is 29.7. The maximum Gasteiger partial charge on any atom is 0.148 e. The summed E-state index contributed by atoms with van der Waals surface area (Å²) in [6.07, 6.45) is 0.839. The molecule has 1 heterocycles. The van der Waals surface area contributed by atoms with E-state index in [1.54, 1.807) is 0 Å². The van der Waals surface area contributed by atoms with E-state index in [2.05, 4.69) is 32.9 Å². The van der Waals surface area contributed by atoms with Gasteiger partial charge in [0.15, 0.2) is 0 Å². The smallest absolute Gasteiger partial charge is 0.148 e. The van der Waals surface area contributed by atoms with Gasteiger partial charge >= 0.3 is 0 Å². The minimum absolute atomic E-state index is 0.0469. The fraction of sp³-hybridized carbons (Fsp3) is 0.538. The van der Waals surface area contributed by atoms with E-state index in [-0.39, 0.29) is 17.0 Å². The molecule has 1 aliphatic heterocycles. The molecule has 0 N–H and O–H groups in total. The molecule has 2 rings (SSSR count). The first kappa shape index (κ1) is 12.2. The number of aryl methyl sites for hydroxylation is 3. The van der Waals surface area contributed by atoms with Gasteiger partial charge in [-0.1, -0.05) is 29.3 Å². The number of halogens is 2. The van der Waals surface area contributed by atoms with Crippen molar-refractivity contribution in [1.29, 1.82) is 0 Å². The highest BCUT2D eigenvalue weighted by molar-refractivity contribution is 6.29. The van der Waals surface area contributed by atoms with Crippen LogP contribution in [0, 0.1) is 20.8 Å². The van der Waals surface area contributed by atoms with Gasteiger partial charge in [-0.25, -0.2) is 0 Å². The molecule has 1 nitrogen and oxygen atoms in total. The van der Waals surface area contributed by atoms with Gasteiger partial charge in [0, 0.05) is 0 Å². The quantitative estimate of drug-likeness (QED) is 0.685. The standard InChI is InChI=1S/C13H16Cl2O/c1-7-4-8(2)12(9(3)5-7)11-6-10(14)13(15)16-11/h4-5,10-11,13H,6H2,1-3H3/t10-,11+,13-/m0/s1. The Balaban J connectivity index is 2.35. The molecule has 0 spiro atoms. The monoisotopic (exact) mass is 258 g/mol. The largest absolute Gasteiger partial charge is 0.353 e. The van der Waals surface area contributed by atoms with Crippen LogP contribution in [0.3, 0.4) is 0 Å². The van der Waals surface area contributed by atoms with Crippen molar-refractivity contribution in [2.45, 2.75) is 44.2 Å². The van der Waals surface area contributed by atoms with E-state index >= 15 is 0 Å². The molecular formula is C13H16Cl2O. The van der Waals surface area contributed by atoms with Crippen LogP contribution >= 0.6 is 23.2 Å². The highest BCUT2D eigenvalue weighted by Crippen LogP contribution is 2.40. The van der Waals surface area contributed by atoms with E-state index in [0.29, 0.717) is 0 Å². The highest BCUT2D eigenvalue weighted by atomic mass is 35.5. The first-order valence-corrected chi connectivity index (χ1v) is 6.37. The molecule has 1 fully saturated rings. The number of alkyl halides is 2. The maximum absolute atomic E-state index is 6.09. The average molecular weight is 259 g/mol. The molecule has 0 aliphatic carbocycles. The second kappa shape index (κ2) is 4.56. The van der Waals surface area contributed by atoms with Crippen molar-refractivity contribution in [1.82, 2.24) is 0 Å². The van der Waals surface area contributed by atoms with Gasteiger partial charge in [0.2, 0.25) is 0 Å². The summed E-state index contributed by atoms with van der Waals surface area (Å²) in [5, 5.41) is -0.0910. The summed E-state index contributed by atoms with van der Waals surface area (Å²) < 4.78 is 5.69. The molecule has 1 aliphatic rings. The van der Waals surface area contributed by atoms with Gasteiger partial charge in [-0.3, -0.25) is 0 Å². The number of hydrogen-bond acceptors (Lipinski definition) is 1. The van der Waals surface area contributed by atoms with Crippen LogP contribution in [-0.2, 0) is 4.74 Å². The van der Waals surface area contributed by atoms with Crippen molar-refractivity contribution in [2.75, 3.05) is 0 Å². The zero-order valence-electron chi connectivity index (χ0n) is 9.76.